The maximum atomic E-state index is 5.67. The number of halogens is 1. The SMILES string of the molecule is CC1(C)[C@H]2CC=C(/C=N/Nc3ccc(Cl)nn3)[C@H]1C2. The predicted molar refractivity (Wildman–Crippen MR) is 77.2 cm³/mol. The Morgan fingerprint density at radius 2 is 2.26 bits per heavy atom. The van der Waals surface area contributed by atoms with Crippen LogP contribution in [0.5, 0.6) is 0 Å². The lowest BCUT2D eigenvalue weighted by molar-refractivity contribution is -0.00124. The number of aromatic nitrogens is 2. The zero-order chi connectivity index (χ0) is 13.5. The number of hydrazone groups is 1. The summed E-state index contributed by atoms with van der Waals surface area (Å²) in [5.74, 6) is 2.10. The third kappa shape index (κ3) is 2.25. The Kier molecular flexibility index (Phi) is 3.05. The lowest BCUT2D eigenvalue weighted by atomic mass is 9.49. The number of hydrogen-bond donors (Lipinski definition) is 1. The van der Waals surface area contributed by atoms with Gasteiger partial charge >= 0.3 is 0 Å². The topological polar surface area (TPSA) is 50.2 Å². The summed E-state index contributed by atoms with van der Waals surface area (Å²) in [7, 11) is 0. The van der Waals surface area contributed by atoms with E-state index >= 15 is 0 Å². The molecular weight excluding hydrogens is 260 g/mol. The minimum absolute atomic E-state index is 0.381. The quantitative estimate of drug-likeness (QED) is 0.679. The molecule has 1 aromatic rings. The Bertz CT molecular complexity index is 533. The van der Waals surface area contributed by atoms with Gasteiger partial charge in [-0.2, -0.15) is 5.10 Å². The van der Waals surface area contributed by atoms with Gasteiger partial charge in [-0.05, 0) is 47.8 Å². The van der Waals surface area contributed by atoms with Gasteiger partial charge in [0.1, 0.15) is 0 Å². The largest absolute Gasteiger partial charge is 0.260 e. The summed E-state index contributed by atoms with van der Waals surface area (Å²) in [5.41, 5.74) is 4.64. The number of fused-ring (bicyclic) bond motifs is 1. The van der Waals surface area contributed by atoms with Crippen LogP contribution in [0.1, 0.15) is 26.7 Å². The van der Waals surface area contributed by atoms with Gasteiger partial charge in [0.05, 0.1) is 6.21 Å². The Morgan fingerprint density at radius 3 is 2.89 bits per heavy atom. The molecule has 4 nitrogen and oxygen atoms in total. The molecule has 0 amide bonds. The van der Waals surface area contributed by atoms with E-state index in [2.05, 4.69) is 40.6 Å². The minimum Gasteiger partial charge on any atom is -0.260 e. The summed E-state index contributed by atoms with van der Waals surface area (Å²) in [6, 6.07) is 3.44. The van der Waals surface area contributed by atoms with Gasteiger partial charge in [-0.15, -0.1) is 10.2 Å². The molecule has 1 heterocycles. The predicted octanol–water partition coefficient (Wildman–Crippen LogP) is 3.52. The molecule has 0 unspecified atom stereocenters. The van der Waals surface area contributed by atoms with Crippen molar-refractivity contribution in [3.63, 3.8) is 0 Å². The van der Waals surface area contributed by atoms with Crippen LogP contribution in [0.15, 0.2) is 28.9 Å². The molecule has 1 N–H and O–H groups in total. The number of anilines is 1. The van der Waals surface area contributed by atoms with E-state index in [0.29, 0.717) is 22.3 Å². The van der Waals surface area contributed by atoms with Gasteiger partial charge in [-0.25, -0.2) is 0 Å². The van der Waals surface area contributed by atoms with Gasteiger partial charge < -0.3 is 0 Å². The normalized spacial score (nSPS) is 27.8. The van der Waals surface area contributed by atoms with Crippen molar-refractivity contribution in [1.29, 1.82) is 0 Å². The molecule has 0 aromatic carbocycles. The maximum Gasteiger partial charge on any atom is 0.168 e. The van der Waals surface area contributed by atoms with Crippen LogP contribution in [0.2, 0.25) is 5.15 Å². The summed E-state index contributed by atoms with van der Waals surface area (Å²) in [5, 5.41) is 12.3. The van der Waals surface area contributed by atoms with Crippen LogP contribution >= 0.6 is 11.6 Å². The first kappa shape index (κ1) is 12.6. The van der Waals surface area contributed by atoms with Crippen molar-refractivity contribution in [2.24, 2.45) is 22.4 Å². The monoisotopic (exact) mass is 276 g/mol. The molecule has 0 radical (unpaired) electrons. The minimum atomic E-state index is 0.381. The average Bonchev–Trinajstić information content (AvgIpc) is 2.41. The molecule has 1 aromatic heterocycles. The van der Waals surface area contributed by atoms with E-state index in [4.69, 9.17) is 11.6 Å². The van der Waals surface area contributed by atoms with Crippen molar-refractivity contribution in [2.45, 2.75) is 26.7 Å². The molecule has 2 bridgehead atoms. The molecule has 100 valence electrons. The molecule has 0 saturated heterocycles. The van der Waals surface area contributed by atoms with E-state index in [1.54, 1.807) is 12.1 Å². The van der Waals surface area contributed by atoms with Crippen LogP contribution < -0.4 is 5.43 Å². The van der Waals surface area contributed by atoms with Crippen LogP contribution in [-0.2, 0) is 0 Å². The van der Waals surface area contributed by atoms with E-state index in [0.717, 1.165) is 5.92 Å². The highest BCUT2D eigenvalue weighted by atomic mass is 35.5. The molecule has 1 fully saturated rings. The second-order valence-corrected chi connectivity index (χ2v) is 6.24. The Balaban J connectivity index is 1.64. The Labute approximate surface area is 118 Å². The van der Waals surface area contributed by atoms with Gasteiger partial charge in [-0.1, -0.05) is 31.5 Å². The molecule has 1 saturated carbocycles. The lowest BCUT2D eigenvalue weighted by Crippen LogP contribution is -2.48. The molecule has 3 aliphatic rings. The molecule has 4 rings (SSSR count). The van der Waals surface area contributed by atoms with Crippen molar-refractivity contribution in [3.05, 3.63) is 28.9 Å². The summed E-state index contributed by atoms with van der Waals surface area (Å²) < 4.78 is 0. The van der Waals surface area contributed by atoms with Crippen LogP contribution in [0, 0.1) is 17.3 Å². The smallest absolute Gasteiger partial charge is 0.168 e. The van der Waals surface area contributed by atoms with Gasteiger partial charge in [0.25, 0.3) is 0 Å². The highest BCUT2D eigenvalue weighted by Gasteiger charge is 2.50. The standard InChI is InChI=1S/C14H17ClN4/c1-14(2)10-4-3-9(11(14)7-10)8-16-18-13-6-5-12(15)17-19-13/h3,5-6,8,10-11H,4,7H2,1-2H3,(H,18,19)/b16-8+/t10-,11+/m0/s1. The van der Waals surface area contributed by atoms with Crippen LogP contribution in [-0.4, -0.2) is 16.4 Å². The van der Waals surface area contributed by atoms with E-state index < -0.39 is 0 Å². The summed E-state index contributed by atoms with van der Waals surface area (Å²) in [6.07, 6.45) is 6.69. The second kappa shape index (κ2) is 4.60. The Hall–Kier alpha value is -1.42. The number of hydrogen-bond acceptors (Lipinski definition) is 4. The highest BCUT2D eigenvalue weighted by molar-refractivity contribution is 6.29. The maximum absolute atomic E-state index is 5.67. The first-order chi connectivity index (χ1) is 9.07. The van der Waals surface area contributed by atoms with Crippen molar-refractivity contribution in [1.82, 2.24) is 10.2 Å². The van der Waals surface area contributed by atoms with Gasteiger partial charge in [0.2, 0.25) is 0 Å². The van der Waals surface area contributed by atoms with Crippen molar-refractivity contribution < 1.29 is 0 Å². The van der Waals surface area contributed by atoms with E-state index in [9.17, 15) is 0 Å². The zero-order valence-electron chi connectivity index (χ0n) is 11.1. The number of nitrogens with one attached hydrogen (secondary N) is 1. The molecule has 2 atom stereocenters. The molecule has 5 heteroatoms. The zero-order valence-corrected chi connectivity index (χ0v) is 11.9. The highest BCUT2D eigenvalue weighted by Crippen LogP contribution is 2.58. The van der Waals surface area contributed by atoms with Crippen LogP contribution in [0.25, 0.3) is 0 Å². The fraction of sp³-hybridized carbons (Fsp3) is 0.500. The molecule has 0 aliphatic heterocycles. The third-order valence-electron chi connectivity index (χ3n) is 4.54. The van der Waals surface area contributed by atoms with Gasteiger partial charge in [-0.3, -0.25) is 5.43 Å². The molecule has 0 spiro atoms. The summed E-state index contributed by atoms with van der Waals surface area (Å²) in [4.78, 5) is 0. The summed E-state index contributed by atoms with van der Waals surface area (Å²) in [6.45, 7) is 4.70. The third-order valence-corrected chi connectivity index (χ3v) is 4.74. The van der Waals surface area contributed by atoms with Crippen molar-refractivity contribution >= 4 is 23.6 Å². The first-order valence-corrected chi connectivity index (χ1v) is 6.93. The first-order valence-electron chi connectivity index (χ1n) is 6.56. The Morgan fingerprint density at radius 1 is 1.42 bits per heavy atom. The van der Waals surface area contributed by atoms with E-state index in [1.165, 1.54) is 18.4 Å². The average molecular weight is 277 g/mol. The van der Waals surface area contributed by atoms with Crippen molar-refractivity contribution in [2.75, 3.05) is 5.43 Å². The number of rotatable bonds is 3. The van der Waals surface area contributed by atoms with E-state index in [-0.39, 0.29) is 0 Å². The van der Waals surface area contributed by atoms with Crippen LogP contribution in [0.4, 0.5) is 5.82 Å². The fourth-order valence-electron chi connectivity index (χ4n) is 3.09. The number of nitrogens with zero attached hydrogens (tertiary/aromatic N) is 3. The van der Waals surface area contributed by atoms with Crippen molar-refractivity contribution in [3.8, 4) is 0 Å². The van der Waals surface area contributed by atoms with Gasteiger partial charge in [0.15, 0.2) is 11.0 Å². The number of allylic oxidation sites excluding steroid dienone is 2. The molecular formula is C14H17ClN4. The van der Waals surface area contributed by atoms with Gasteiger partial charge in [0, 0.05) is 0 Å². The van der Waals surface area contributed by atoms with E-state index in [1.807, 2.05) is 6.21 Å². The molecule has 3 aliphatic carbocycles. The second-order valence-electron chi connectivity index (χ2n) is 5.86. The lowest BCUT2D eigenvalue weighted by Gasteiger charge is -2.55. The molecule has 19 heavy (non-hydrogen) atoms. The summed E-state index contributed by atoms with van der Waals surface area (Å²) >= 11 is 5.67. The van der Waals surface area contributed by atoms with Crippen LogP contribution in [0.3, 0.4) is 0 Å². The fourth-order valence-corrected chi connectivity index (χ4v) is 3.19.